The van der Waals surface area contributed by atoms with E-state index in [1.807, 2.05) is 38.2 Å². The molecule has 0 aromatic heterocycles. The molecule has 1 aromatic rings. The van der Waals surface area contributed by atoms with Crippen LogP contribution in [0.4, 0.5) is 0 Å². The Bertz CT molecular complexity index is 470. The summed E-state index contributed by atoms with van der Waals surface area (Å²) in [6.07, 6.45) is 0.820. The predicted molar refractivity (Wildman–Crippen MR) is 72.4 cm³/mol. The number of carbonyl (C=O) groups is 1. The van der Waals surface area contributed by atoms with Crippen LogP contribution in [0.2, 0.25) is 0 Å². The van der Waals surface area contributed by atoms with Crippen molar-refractivity contribution in [3.8, 4) is 0 Å². The third kappa shape index (κ3) is 2.75. The first kappa shape index (κ1) is 12.3. The van der Waals surface area contributed by atoms with Gasteiger partial charge in [0, 0.05) is 23.8 Å². The quantitative estimate of drug-likeness (QED) is 0.772. The molecule has 0 spiro atoms. The van der Waals surface area contributed by atoms with Gasteiger partial charge in [0.2, 0.25) is 5.91 Å². The summed E-state index contributed by atoms with van der Waals surface area (Å²) in [5, 5.41) is 0. The van der Waals surface area contributed by atoms with Crippen LogP contribution in [-0.4, -0.2) is 36.2 Å². The number of likely N-dealkylation sites (N-methyl/N-ethyl adjacent to an activating group) is 1. The third-order valence-electron chi connectivity index (χ3n) is 2.99. The Kier molecular flexibility index (Phi) is 3.62. The van der Waals surface area contributed by atoms with E-state index in [1.54, 1.807) is 4.90 Å². The Morgan fingerprint density at radius 2 is 2.29 bits per heavy atom. The van der Waals surface area contributed by atoms with E-state index in [-0.39, 0.29) is 11.9 Å². The fourth-order valence-electron chi connectivity index (χ4n) is 1.95. The van der Waals surface area contributed by atoms with E-state index in [0.29, 0.717) is 0 Å². The van der Waals surface area contributed by atoms with Crippen molar-refractivity contribution in [2.24, 2.45) is 4.99 Å². The lowest BCUT2D eigenvalue weighted by atomic mass is 10.1. The van der Waals surface area contributed by atoms with Crippen molar-refractivity contribution in [1.82, 2.24) is 4.90 Å². The van der Waals surface area contributed by atoms with Crippen molar-refractivity contribution < 1.29 is 4.79 Å². The van der Waals surface area contributed by atoms with Crippen LogP contribution in [0.1, 0.15) is 18.9 Å². The second-order valence-corrected chi connectivity index (χ2v) is 5.20. The van der Waals surface area contributed by atoms with Crippen LogP contribution in [0.15, 0.2) is 33.7 Å². The molecule has 0 aliphatic carbocycles. The minimum atomic E-state index is -0.195. The van der Waals surface area contributed by atoms with Gasteiger partial charge in [0.25, 0.3) is 0 Å². The summed E-state index contributed by atoms with van der Waals surface area (Å²) in [6, 6.07) is 7.78. The van der Waals surface area contributed by atoms with Gasteiger partial charge >= 0.3 is 0 Å². The molecule has 0 saturated carbocycles. The SMILES string of the molecule is C/C(=N\C1CCN(C)C1=O)c1cccc(Br)c1. The van der Waals surface area contributed by atoms with Gasteiger partial charge in [0.15, 0.2) is 0 Å². The maximum atomic E-state index is 11.7. The summed E-state index contributed by atoms with van der Waals surface area (Å²) in [7, 11) is 1.83. The van der Waals surface area contributed by atoms with E-state index < -0.39 is 0 Å². The zero-order chi connectivity index (χ0) is 12.4. The number of likely N-dealkylation sites (tertiary alicyclic amines) is 1. The minimum absolute atomic E-state index is 0.124. The molecule has 1 unspecified atom stereocenters. The molecular formula is C13H15BrN2O. The van der Waals surface area contributed by atoms with Gasteiger partial charge in [-0.05, 0) is 31.0 Å². The summed E-state index contributed by atoms with van der Waals surface area (Å²) in [6.45, 7) is 2.76. The number of nitrogens with zero attached hydrogens (tertiary/aromatic N) is 2. The van der Waals surface area contributed by atoms with E-state index in [9.17, 15) is 4.79 Å². The molecule has 90 valence electrons. The van der Waals surface area contributed by atoms with E-state index >= 15 is 0 Å². The van der Waals surface area contributed by atoms with Gasteiger partial charge in [-0.15, -0.1) is 0 Å². The molecule has 17 heavy (non-hydrogen) atoms. The summed E-state index contributed by atoms with van der Waals surface area (Å²) >= 11 is 3.43. The van der Waals surface area contributed by atoms with Crippen molar-refractivity contribution >= 4 is 27.5 Å². The van der Waals surface area contributed by atoms with E-state index in [2.05, 4.69) is 20.9 Å². The molecule has 1 aliphatic heterocycles. The van der Waals surface area contributed by atoms with Gasteiger partial charge in [-0.25, -0.2) is 0 Å². The fraction of sp³-hybridized carbons (Fsp3) is 0.385. The van der Waals surface area contributed by atoms with E-state index in [0.717, 1.165) is 28.7 Å². The number of rotatable bonds is 2. The Balaban J connectivity index is 2.20. The highest BCUT2D eigenvalue weighted by Gasteiger charge is 2.28. The van der Waals surface area contributed by atoms with Crippen LogP contribution >= 0.6 is 15.9 Å². The molecule has 2 rings (SSSR count). The first-order valence-corrected chi connectivity index (χ1v) is 6.42. The highest BCUT2D eigenvalue weighted by atomic mass is 79.9. The van der Waals surface area contributed by atoms with E-state index in [1.165, 1.54) is 0 Å². The summed E-state index contributed by atoms with van der Waals surface area (Å²) in [5.41, 5.74) is 1.97. The Labute approximate surface area is 110 Å². The number of hydrogen-bond acceptors (Lipinski definition) is 2. The van der Waals surface area contributed by atoms with Crippen LogP contribution in [0.3, 0.4) is 0 Å². The number of carbonyl (C=O) groups excluding carboxylic acids is 1. The van der Waals surface area contributed by atoms with Gasteiger partial charge in [-0.2, -0.15) is 0 Å². The lowest BCUT2D eigenvalue weighted by Crippen LogP contribution is -2.25. The largest absolute Gasteiger partial charge is 0.344 e. The molecule has 1 fully saturated rings. The third-order valence-corrected chi connectivity index (χ3v) is 3.48. The van der Waals surface area contributed by atoms with E-state index in [4.69, 9.17) is 0 Å². The molecule has 1 aromatic carbocycles. The zero-order valence-corrected chi connectivity index (χ0v) is 11.6. The monoisotopic (exact) mass is 294 g/mol. The highest BCUT2D eigenvalue weighted by Crippen LogP contribution is 2.16. The van der Waals surface area contributed by atoms with Crippen molar-refractivity contribution in [2.75, 3.05) is 13.6 Å². The summed E-state index contributed by atoms with van der Waals surface area (Å²) < 4.78 is 1.03. The molecule has 0 bridgehead atoms. The predicted octanol–water partition coefficient (Wildman–Crippen LogP) is 2.49. The van der Waals surface area contributed by atoms with Crippen molar-refractivity contribution in [2.45, 2.75) is 19.4 Å². The Morgan fingerprint density at radius 1 is 1.53 bits per heavy atom. The van der Waals surface area contributed by atoms with Crippen LogP contribution in [0.5, 0.6) is 0 Å². The topological polar surface area (TPSA) is 32.7 Å². The van der Waals surface area contributed by atoms with Gasteiger partial charge in [-0.1, -0.05) is 28.1 Å². The first-order valence-electron chi connectivity index (χ1n) is 5.63. The number of aliphatic imine (C=N–C) groups is 1. The standard InChI is InChI=1S/C13H15BrN2O/c1-9(10-4-3-5-11(14)8-10)15-12-6-7-16(2)13(12)17/h3-5,8,12H,6-7H2,1-2H3/b15-9+. The lowest BCUT2D eigenvalue weighted by molar-refractivity contribution is -0.127. The lowest BCUT2D eigenvalue weighted by Gasteiger charge is -2.08. The molecule has 1 saturated heterocycles. The molecular weight excluding hydrogens is 280 g/mol. The van der Waals surface area contributed by atoms with Gasteiger partial charge in [-0.3, -0.25) is 9.79 Å². The highest BCUT2D eigenvalue weighted by molar-refractivity contribution is 9.10. The smallest absolute Gasteiger partial charge is 0.247 e. The summed E-state index contributed by atoms with van der Waals surface area (Å²) in [4.78, 5) is 18.0. The van der Waals surface area contributed by atoms with Crippen molar-refractivity contribution in [1.29, 1.82) is 0 Å². The molecule has 1 atom stereocenters. The maximum Gasteiger partial charge on any atom is 0.247 e. The van der Waals surface area contributed by atoms with Crippen LogP contribution in [0, 0.1) is 0 Å². The van der Waals surface area contributed by atoms with Gasteiger partial charge in [0.05, 0.1) is 0 Å². The normalized spacial score (nSPS) is 21.1. The second-order valence-electron chi connectivity index (χ2n) is 4.29. The molecule has 1 heterocycles. The number of hydrogen-bond donors (Lipinski definition) is 0. The van der Waals surface area contributed by atoms with Gasteiger partial charge < -0.3 is 4.90 Å². The maximum absolute atomic E-state index is 11.7. The summed E-state index contributed by atoms with van der Waals surface area (Å²) in [5.74, 6) is 0.124. The average Bonchev–Trinajstić information content (AvgIpc) is 2.61. The zero-order valence-electron chi connectivity index (χ0n) is 9.98. The average molecular weight is 295 g/mol. The first-order chi connectivity index (χ1) is 8.08. The van der Waals surface area contributed by atoms with Crippen molar-refractivity contribution in [3.63, 3.8) is 0 Å². The second kappa shape index (κ2) is 5.00. The van der Waals surface area contributed by atoms with Crippen LogP contribution < -0.4 is 0 Å². The fourth-order valence-corrected chi connectivity index (χ4v) is 2.34. The number of benzene rings is 1. The Morgan fingerprint density at radius 3 is 2.88 bits per heavy atom. The molecule has 4 heteroatoms. The minimum Gasteiger partial charge on any atom is -0.344 e. The molecule has 1 aliphatic rings. The Hall–Kier alpha value is -1.16. The van der Waals surface area contributed by atoms with Gasteiger partial charge in [0.1, 0.15) is 6.04 Å². The molecule has 0 radical (unpaired) electrons. The van der Waals surface area contributed by atoms with Crippen LogP contribution in [-0.2, 0) is 4.79 Å². The molecule has 3 nitrogen and oxygen atoms in total. The van der Waals surface area contributed by atoms with Crippen LogP contribution in [0.25, 0.3) is 0 Å². The number of halogens is 1. The molecule has 1 amide bonds. The molecule has 0 N–H and O–H groups in total. The van der Waals surface area contributed by atoms with Crippen molar-refractivity contribution in [3.05, 3.63) is 34.3 Å². The number of amides is 1.